The lowest BCUT2D eigenvalue weighted by atomic mass is 10.9. The summed E-state index contributed by atoms with van der Waals surface area (Å²) in [5.74, 6) is 1.60. The first-order valence-electron chi connectivity index (χ1n) is 3.24. The molecule has 0 aliphatic rings. The molecule has 0 nitrogen and oxygen atoms in total. The summed E-state index contributed by atoms with van der Waals surface area (Å²) < 4.78 is 0. The molecule has 0 bridgehead atoms. The summed E-state index contributed by atoms with van der Waals surface area (Å²) in [4.78, 5) is 0. The predicted molar refractivity (Wildman–Crippen MR) is 48.5 cm³/mol. The summed E-state index contributed by atoms with van der Waals surface area (Å²) in [7, 11) is -0.967. The third-order valence-electron chi connectivity index (χ3n) is 1.54. The number of halogens is 2. The molecule has 0 fully saturated rings. The zero-order valence-corrected chi connectivity index (χ0v) is 8.60. The summed E-state index contributed by atoms with van der Waals surface area (Å²) in [6.45, 7) is 4.66. The maximum atomic E-state index is 5.61. The van der Waals surface area contributed by atoms with Gasteiger partial charge in [-0.15, -0.1) is 23.2 Å². The van der Waals surface area contributed by atoms with Gasteiger partial charge in [0.15, 0.2) is 0 Å². The highest BCUT2D eigenvalue weighted by atomic mass is 35.5. The van der Waals surface area contributed by atoms with E-state index in [1.165, 1.54) is 12.1 Å². The molecule has 0 heterocycles. The summed E-state index contributed by atoms with van der Waals surface area (Å²) in [5.41, 5.74) is 0. The molecule has 0 amide bonds. The Labute approximate surface area is 68.6 Å². The van der Waals surface area contributed by atoms with E-state index >= 15 is 0 Å². The van der Waals surface area contributed by atoms with Gasteiger partial charge in [0.1, 0.15) is 0 Å². The Bertz CT molecular complexity index is 65.5. The molecule has 0 spiro atoms. The van der Waals surface area contributed by atoms with E-state index in [0.29, 0.717) is 0 Å². The van der Waals surface area contributed by atoms with Crippen molar-refractivity contribution in [3.63, 3.8) is 0 Å². The molecular weight excluding hydrogens is 171 g/mol. The molecule has 3 heteroatoms. The zero-order chi connectivity index (χ0) is 7.33. The van der Waals surface area contributed by atoms with Gasteiger partial charge in [-0.3, -0.25) is 0 Å². The van der Waals surface area contributed by atoms with E-state index in [1.54, 1.807) is 0 Å². The molecule has 0 aromatic rings. The van der Waals surface area contributed by atoms with Crippen LogP contribution in [0.2, 0.25) is 25.2 Å². The normalized spacial score (nSPS) is 12.0. The predicted octanol–water partition coefficient (Wildman–Crippen LogP) is 3.17. The van der Waals surface area contributed by atoms with Gasteiger partial charge in [0.25, 0.3) is 0 Å². The minimum absolute atomic E-state index is 0.802. The highest BCUT2D eigenvalue weighted by Crippen LogP contribution is 2.15. The summed E-state index contributed by atoms with van der Waals surface area (Å²) >= 11 is 11.2. The number of hydrogen-bond donors (Lipinski definition) is 0. The van der Waals surface area contributed by atoms with Crippen LogP contribution in [0.1, 0.15) is 0 Å². The maximum Gasteiger partial charge on any atom is 0.0497 e. The van der Waals surface area contributed by atoms with Crippen molar-refractivity contribution >= 4 is 31.3 Å². The van der Waals surface area contributed by atoms with E-state index < -0.39 is 8.07 Å². The van der Waals surface area contributed by atoms with Crippen molar-refractivity contribution in [1.82, 2.24) is 0 Å². The van der Waals surface area contributed by atoms with Crippen molar-refractivity contribution in [3.05, 3.63) is 0 Å². The zero-order valence-electron chi connectivity index (χ0n) is 6.08. The molecule has 0 radical (unpaired) electrons. The first-order chi connectivity index (χ1) is 4.12. The molecule has 0 aliphatic carbocycles. The van der Waals surface area contributed by atoms with Crippen molar-refractivity contribution in [3.8, 4) is 0 Å². The van der Waals surface area contributed by atoms with Crippen LogP contribution in [0.5, 0.6) is 0 Å². The molecule has 0 saturated carbocycles. The number of rotatable bonds is 4. The van der Waals surface area contributed by atoms with Gasteiger partial charge in [-0.2, -0.15) is 0 Å². The lowest BCUT2D eigenvalue weighted by Crippen LogP contribution is -2.25. The highest BCUT2D eigenvalue weighted by Gasteiger charge is 2.17. The largest absolute Gasteiger partial charge is 0.127 e. The van der Waals surface area contributed by atoms with Crippen molar-refractivity contribution in [1.29, 1.82) is 0 Å². The SMILES string of the molecule is C[Si](C)(CCCl)CCCl. The van der Waals surface area contributed by atoms with Gasteiger partial charge in [0, 0.05) is 19.8 Å². The van der Waals surface area contributed by atoms with E-state index in [0.717, 1.165) is 11.8 Å². The third kappa shape index (κ3) is 5.25. The molecule has 9 heavy (non-hydrogen) atoms. The lowest BCUT2D eigenvalue weighted by molar-refractivity contribution is 1.26. The van der Waals surface area contributed by atoms with E-state index in [9.17, 15) is 0 Å². The summed E-state index contributed by atoms with van der Waals surface area (Å²) in [6, 6.07) is 2.39. The van der Waals surface area contributed by atoms with Crippen LogP contribution in [0.3, 0.4) is 0 Å². The molecule has 0 saturated heterocycles. The standard InChI is InChI=1S/C6H14Cl2Si/c1-9(2,5-3-7)6-4-8/h3-6H2,1-2H3. The van der Waals surface area contributed by atoms with Crippen molar-refractivity contribution in [2.24, 2.45) is 0 Å². The van der Waals surface area contributed by atoms with Crippen LogP contribution in [-0.2, 0) is 0 Å². The van der Waals surface area contributed by atoms with Crippen LogP contribution in [0.25, 0.3) is 0 Å². The Kier molecular flexibility index (Phi) is 4.99. The quantitative estimate of drug-likeness (QED) is 0.466. The minimum atomic E-state index is -0.967. The van der Waals surface area contributed by atoms with Crippen molar-refractivity contribution in [2.45, 2.75) is 25.2 Å². The van der Waals surface area contributed by atoms with Crippen molar-refractivity contribution in [2.75, 3.05) is 11.8 Å². The van der Waals surface area contributed by atoms with Crippen LogP contribution in [0.4, 0.5) is 0 Å². The summed E-state index contributed by atoms with van der Waals surface area (Å²) in [6.07, 6.45) is 0. The first-order valence-corrected chi connectivity index (χ1v) is 7.72. The van der Waals surface area contributed by atoms with Crippen LogP contribution in [0.15, 0.2) is 0 Å². The van der Waals surface area contributed by atoms with Crippen LogP contribution < -0.4 is 0 Å². The topological polar surface area (TPSA) is 0 Å². The van der Waals surface area contributed by atoms with Gasteiger partial charge in [0.05, 0.1) is 0 Å². The van der Waals surface area contributed by atoms with Crippen LogP contribution in [-0.4, -0.2) is 19.8 Å². The molecule has 0 aromatic heterocycles. The Balaban J connectivity index is 3.43. The van der Waals surface area contributed by atoms with E-state index in [4.69, 9.17) is 23.2 Å². The summed E-state index contributed by atoms with van der Waals surface area (Å²) in [5, 5.41) is 0. The molecular formula is C6H14Cl2Si. The second-order valence-electron chi connectivity index (χ2n) is 3.04. The second kappa shape index (κ2) is 4.59. The monoisotopic (exact) mass is 184 g/mol. The Morgan fingerprint density at radius 3 is 1.56 bits per heavy atom. The van der Waals surface area contributed by atoms with Gasteiger partial charge >= 0.3 is 0 Å². The Hall–Kier alpha value is 0.797. The van der Waals surface area contributed by atoms with E-state index in [-0.39, 0.29) is 0 Å². The van der Waals surface area contributed by atoms with Gasteiger partial charge in [0.2, 0.25) is 0 Å². The smallest absolute Gasteiger partial charge is 0.0497 e. The molecule has 0 atom stereocenters. The van der Waals surface area contributed by atoms with Crippen LogP contribution >= 0.6 is 23.2 Å². The van der Waals surface area contributed by atoms with E-state index in [1.807, 2.05) is 0 Å². The average Bonchev–Trinajstić information content (AvgIpc) is 1.64. The molecule has 0 N–H and O–H groups in total. The van der Waals surface area contributed by atoms with Gasteiger partial charge in [-0.05, 0) is 12.1 Å². The molecule has 0 aromatic carbocycles. The average molecular weight is 185 g/mol. The molecule has 0 aliphatic heterocycles. The third-order valence-corrected chi connectivity index (χ3v) is 5.76. The number of hydrogen-bond acceptors (Lipinski definition) is 0. The highest BCUT2D eigenvalue weighted by molar-refractivity contribution is 6.78. The maximum absolute atomic E-state index is 5.61. The fraction of sp³-hybridized carbons (Fsp3) is 1.00. The fourth-order valence-electron chi connectivity index (χ4n) is 0.637. The van der Waals surface area contributed by atoms with Crippen molar-refractivity contribution < 1.29 is 0 Å². The minimum Gasteiger partial charge on any atom is -0.127 e. The molecule has 0 rings (SSSR count). The van der Waals surface area contributed by atoms with Crippen LogP contribution in [0, 0.1) is 0 Å². The molecule has 56 valence electrons. The second-order valence-corrected chi connectivity index (χ2v) is 9.13. The van der Waals surface area contributed by atoms with Gasteiger partial charge < -0.3 is 0 Å². The number of alkyl halides is 2. The van der Waals surface area contributed by atoms with E-state index in [2.05, 4.69) is 13.1 Å². The molecule has 0 unspecified atom stereocenters. The van der Waals surface area contributed by atoms with Gasteiger partial charge in [-0.25, -0.2) is 0 Å². The lowest BCUT2D eigenvalue weighted by Gasteiger charge is -2.18. The fourth-order valence-corrected chi connectivity index (χ4v) is 4.98. The Morgan fingerprint density at radius 1 is 1.00 bits per heavy atom. The Morgan fingerprint density at radius 2 is 1.33 bits per heavy atom. The van der Waals surface area contributed by atoms with Gasteiger partial charge in [-0.1, -0.05) is 13.1 Å². The first kappa shape index (κ1) is 9.80.